The topological polar surface area (TPSA) is 50.7 Å². The van der Waals surface area contributed by atoms with E-state index in [1.807, 2.05) is 25.1 Å². The van der Waals surface area contributed by atoms with E-state index in [4.69, 9.17) is 9.47 Å². The number of aliphatic hydroxyl groups excluding tert-OH is 1. The summed E-state index contributed by atoms with van der Waals surface area (Å²) in [5.74, 6) is 0. The van der Waals surface area contributed by atoms with Gasteiger partial charge in [-0.3, -0.25) is 0 Å². The van der Waals surface area contributed by atoms with Crippen molar-refractivity contribution in [1.29, 1.82) is 0 Å². The van der Waals surface area contributed by atoms with Gasteiger partial charge in [-0.15, -0.1) is 0 Å². The average Bonchev–Trinajstić information content (AvgIpc) is 2.46. The summed E-state index contributed by atoms with van der Waals surface area (Å²) >= 11 is 0. The third kappa shape index (κ3) is 3.79. The Morgan fingerprint density at radius 1 is 1.35 bits per heavy atom. The van der Waals surface area contributed by atoms with E-state index in [2.05, 4.69) is 17.4 Å². The quantitative estimate of drug-likeness (QED) is 0.755. The molecule has 0 radical (unpaired) electrons. The number of benzene rings is 1. The van der Waals surface area contributed by atoms with Crippen molar-refractivity contribution in [3.63, 3.8) is 0 Å². The number of hydrogen-bond donors (Lipinski definition) is 2. The highest BCUT2D eigenvalue weighted by Crippen LogP contribution is 2.27. The lowest BCUT2D eigenvalue weighted by Crippen LogP contribution is -2.62. The molecule has 0 bridgehead atoms. The van der Waals surface area contributed by atoms with Crippen molar-refractivity contribution in [2.45, 2.75) is 44.1 Å². The van der Waals surface area contributed by atoms with Crippen molar-refractivity contribution in [3.05, 3.63) is 35.9 Å². The molecule has 1 aromatic rings. The summed E-state index contributed by atoms with van der Waals surface area (Å²) < 4.78 is 11.1. The van der Waals surface area contributed by atoms with Crippen LogP contribution in [-0.4, -0.2) is 49.7 Å². The van der Waals surface area contributed by atoms with Crippen LogP contribution < -0.4 is 5.32 Å². The second-order valence-electron chi connectivity index (χ2n) is 5.27. The van der Waals surface area contributed by atoms with Crippen LogP contribution in [0.1, 0.15) is 18.9 Å². The maximum atomic E-state index is 9.55. The Kier molecular flexibility index (Phi) is 5.98. The lowest BCUT2D eigenvalue weighted by atomic mass is 9.84. The van der Waals surface area contributed by atoms with Crippen LogP contribution in [0.25, 0.3) is 0 Å². The van der Waals surface area contributed by atoms with E-state index in [-0.39, 0.29) is 30.9 Å². The van der Waals surface area contributed by atoms with E-state index in [1.165, 1.54) is 5.56 Å². The number of aliphatic hydroxyl groups is 1. The Bertz CT molecular complexity index is 385. The molecule has 0 saturated heterocycles. The lowest BCUT2D eigenvalue weighted by molar-refractivity contribution is -0.133. The van der Waals surface area contributed by atoms with Crippen LogP contribution in [-0.2, 0) is 15.9 Å². The molecular weight excluding hydrogens is 254 g/mol. The Balaban J connectivity index is 1.85. The number of nitrogens with one attached hydrogen (secondary N) is 1. The van der Waals surface area contributed by atoms with E-state index in [1.54, 1.807) is 7.11 Å². The molecule has 1 fully saturated rings. The number of hydrogen-bond acceptors (Lipinski definition) is 4. The van der Waals surface area contributed by atoms with Gasteiger partial charge in [-0.25, -0.2) is 0 Å². The molecule has 2 rings (SSSR count). The molecule has 0 amide bonds. The van der Waals surface area contributed by atoms with Crippen LogP contribution in [0, 0.1) is 0 Å². The van der Waals surface area contributed by atoms with E-state index in [9.17, 15) is 5.11 Å². The Morgan fingerprint density at radius 2 is 2.10 bits per heavy atom. The molecule has 0 aromatic heterocycles. The first-order valence-corrected chi connectivity index (χ1v) is 7.33. The fraction of sp³-hybridized carbons (Fsp3) is 0.625. The van der Waals surface area contributed by atoms with Crippen LogP contribution in [0.4, 0.5) is 0 Å². The van der Waals surface area contributed by atoms with Crippen LogP contribution in [0.15, 0.2) is 30.3 Å². The summed E-state index contributed by atoms with van der Waals surface area (Å²) in [5, 5.41) is 13.0. The predicted octanol–water partition coefficient (Wildman–Crippen LogP) is 1.37. The molecule has 0 spiro atoms. The Morgan fingerprint density at radius 3 is 2.70 bits per heavy atom. The van der Waals surface area contributed by atoms with Gasteiger partial charge in [-0.05, 0) is 25.3 Å². The normalized spacial score (nSPS) is 27.1. The molecule has 1 aliphatic carbocycles. The fourth-order valence-electron chi connectivity index (χ4n) is 2.82. The lowest BCUT2D eigenvalue weighted by Gasteiger charge is -2.44. The monoisotopic (exact) mass is 279 g/mol. The second kappa shape index (κ2) is 7.74. The molecule has 1 saturated carbocycles. The molecule has 3 unspecified atom stereocenters. The summed E-state index contributed by atoms with van der Waals surface area (Å²) in [7, 11) is 1.72. The maximum absolute atomic E-state index is 9.55. The van der Waals surface area contributed by atoms with Crippen molar-refractivity contribution < 1.29 is 14.6 Å². The van der Waals surface area contributed by atoms with E-state index in [0.717, 1.165) is 12.8 Å². The van der Waals surface area contributed by atoms with Crippen molar-refractivity contribution in [2.75, 3.05) is 20.3 Å². The van der Waals surface area contributed by atoms with Crippen molar-refractivity contribution in [1.82, 2.24) is 5.32 Å². The minimum Gasteiger partial charge on any atom is -0.395 e. The molecule has 4 nitrogen and oxygen atoms in total. The second-order valence-corrected chi connectivity index (χ2v) is 5.27. The summed E-state index contributed by atoms with van der Waals surface area (Å²) in [4.78, 5) is 0. The van der Waals surface area contributed by atoms with Gasteiger partial charge in [0.15, 0.2) is 0 Å². The largest absolute Gasteiger partial charge is 0.395 e. The highest BCUT2D eigenvalue weighted by atomic mass is 16.5. The SMILES string of the molecule is CCOC1CC(N[C@@H](CO)Cc2ccccc2)C1OC. The maximum Gasteiger partial charge on any atom is 0.0986 e. The zero-order chi connectivity index (χ0) is 14.4. The van der Waals surface area contributed by atoms with Crippen LogP contribution >= 0.6 is 0 Å². The molecule has 4 heteroatoms. The molecule has 112 valence electrons. The molecular formula is C16H25NO3. The number of methoxy groups -OCH3 is 1. The first kappa shape index (κ1) is 15.4. The van der Waals surface area contributed by atoms with Gasteiger partial charge < -0.3 is 19.9 Å². The molecule has 0 heterocycles. The predicted molar refractivity (Wildman–Crippen MR) is 78.8 cm³/mol. The van der Waals surface area contributed by atoms with Crippen molar-refractivity contribution >= 4 is 0 Å². The summed E-state index contributed by atoms with van der Waals surface area (Å²) in [6, 6.07) is 10.5. The molecule has 2 N–H and O–H groups in total. The highest BCUT2D eigenvalue weighted by molar-refractivity contribution is 5.16. The molecule has 1 aliphatic rings. The average molecular weight is 279 g/mol. The number of ether oxygens (including phenoxy) is 2. The summed E-state index contributed by atoms with van der Waals surface area (Å²) in [6.45, 7) is 2.84. The van der Waals surface area contributed by atoms with E-state index >= 15 is 0 Å². The third-order valence-electron chi connectivity index (χ3n) is 3.90. The molecule has 20 heavy (non-hydrogen) atoms. The van der Waals surface area contributed by atoms with Gasteiger partial charge >= 0.3 is 0 Å². The van der Waals surface area contributed by atoms with Gasteiger partial charge in [-0.1, -0.05) is 30.3 Å². The minimum atomic E-state index is 0.0580. The van der Waals surface area contributed by atoms with Crippen LogP contribution in [0.2, 0.25) is 0 Å². The van der Waals surface area contributed by atoms with Crippen molar-refractivity contribution in [3.8, 4) is 0 Å². The first-order chi connectivity index (χ1) is 9.78. The van der Waals surface area contributed by atoms with Crippen molar-refractivity contribution in [2.24, 2.45) is 0 Å². The third-order valence-corrected chi connectivity index (χ3v) is 3.90. The Labute approximate surface area is 121 Å². The van der Waals surface area contributed by atoms with E-state index < -0.39 is 0 Å². The summed E-state index contributed by atoms with van der Waals surface area (Å²) in [6.07, 6.45) is 2.03. The molecule has 1 aromatic carbocycles. The smallest absolute Gasteiger partial charge is 0.0986 e. The fourth-order valence-corrected chi connectivity index (χ4v) is 2.82. The Hall–Kier alpha value is -0.940. The zero-order valence-corrected chi connectivity index (χ0v) is 12.3. The first-order valence-electron chi connectivity index (χ1n) is 7.33. The number of rotatable bonds is 8. The highest BCUT2D eigenvalue weighted by Gasteiger charge is 2.42. The molecule has 0 aliphatic heterocycles. The zero-order valence-electron chi connectivity index (χ0n) is 12.3. The van der Waals surface area contributed by atoms with Gasteiger partial charge in [0.2, 0.25) is 0 Å². The van der Waals surface area contributed by atoms with Gasteiger partial charge in [-0.2, -0.15) is 0 Å². The van der Waals surface area contributed by atoms with Gasteiger partial charge in [0.05, 0.1) is 18.8 Å². The van der Waals surface area contributed by atoms with Crippen LogP contribution in [0.3, 0.4) is 0 Å². The standard InChI is InChI=1S/C16H25NO3/c1-3-20-15-10-14(16(15)19-2)17-13(11-18)9-12-7-5-4-6-8-12/h4-8,13-18H,3,9-11H2,1-2H3/t13-,14?,15?,16?/m1/s1. The van der Waals surface area contributed by atoms with E-state index in [0.29, 0.717) is 6.61 Å². The van der Waals surface area contributed by atoms with Gasteiger partial charge in [0, 0.05) is 25.8 Å². The van der Waals surface area contributed by atoms with Gasteiger partial charge in [0.1, 0.15) is 0 Å². The van der Waals surface area contributed by atoms with Crippen LogP contribution in [0.5, 0.6) is 0 Å². The minimum absolute atomic E-state index is 0.0580. The van der Waals surface area contributed by atoms with Gasteiger partial charge in [0.25, 0.3) is 0 Å². The molecule has 4 atom stereocenters. The summed E-state index contributed by atoms with van der Waals surface area (Å²) in [5.41, 5.74) is 1.23.